The zero-order chi connectivity index (χ0) is 12.6. The average molecular weight is 232 g/mol. The van der Waals surface area contributed by atoms with E-state index in [9.17, 15) is 9.59 Å². The third-order valence-corrected chi connectivity index (χ3v) is 2.03. The number of methoxy groups -OCH3 is 1. The topological polar surface area (TPSA) is 78.9 Å². The van der Waals surface area contributed by atoms with Crippen molar-refractivity contribution in [3.05, 3.63) is 0 Å². The molecule has 0 aliphatic rings. The molecule has 0 aromatic heterocycles. The SMILES string of the molecule is COCCNC(=O)N(CCC(=O)O)C(C)C. The Kier molecular flexibility index (Phi) is 7.28. The van der Waals surface area contributed by atoms with Crippen LogP contribution in [0, 0.1) is 0 Å². The fraction of sp³-hybridized carbons (Fsp3) is 0.800. The van der Waals surface area contributed by atoms with Crippen LogP contribution in [-0.4, -0.2) is 54.9 Å². The number of rotatable bonds is 7. The van der Waals surface area contributed by atoms with Crippen LogP contribution in [0.5, 0.6) is 0 Å². The van der Waals surface area contributed by atoms with Crippen LogP contribution in [0.1, 0.15) is 20.3 Å². The van der Waals surface area contributed by atoms with Gasteiger partial charge in [0.15, 0.2) is 0 Å². The van der Waals surface area contributed by atoms with Crippen LogP contribution in [0.3, 0.4) is 0 Å². The number of aliphatic carboxylic acids is 1. The van der Waals surface area contributed by atoms with Crippen LogP contribution in [0.4, 0.5) is 4.79 Å². The second-order valence-corrected chi connectivity index (χ2v) is 3.66. The number of carboxylic acids is 1. The minimum atomic E-state index is -0.907. The summed E-state index contributed by atoms with van der Waals surface area (Å²) in [6, 6.07) is -0.282. The van der Waals surface area contributed by atoms with Crippen molar-refractivity contribution in [1.82, 2.24) is 10.2 Å². The highest BCUT2D eigenvalue weighted by Crippen LogP contribution is 2.00. The predicted octanol–water partition coefficient (Wildman–Crippen LogP) is 0.527. The van der Waals surface area contributed by atoms with Crippen molar-refractivity contribution in [3.8, 4) is 0 Å². The van der Waals surface area contributed by atoms with Gasteiger partial charge in [0.25, 0.3) is 0 Å². The lowest BCUT2D eigenvalue weighted by atomic mass is 10.3. The number of carbonyl (C=O) groups excluding carboxylic acids is 1. The number of hydrogen-bond donors (Lipinski definition) is 2. The lowest BCUT2D eigenvalue weighted by Crippen LogP contribution is -2.45. The first-order valence-corrected chi connectivity index (χ1v) is 5.24. The van der Waals surface area contributed by atoms with Crippen LogP contribution in [0.25, 0.3) is 0 Å². The lowest BCUT2D eigenvalue weighted by Gasteiger charge is -2.26. The molecule has 0 heterocycles. The minimum Gasteiger partial charge on any atom is -0.481 e. The summed E-state index contributed by atoms with van der Waals surface area (Å²) in [6.45, 7) is 4.77. The summed E-state index contributed by atoms with van der Waals surface area (Å²) in [5, 5.41) is 11.2. The Hall–Kier alpha value is -1.30. The van der Waals surface area contributed by atoms with Crippen molar-refractivity contribution in [2.45, 2.75) is 26.3 Å². The molecule has 0 saturated carbocycles. The molecule has 2 N–H and O–H groups in total. The van der Waals surface area contributed by atoms with E-state index in [2.05, 4.69) is 5.32 Å². The van der Waals surface area contributed by atoms with Crippen molar-refractivity contribution in [2.24, 2.45) is 0 Å². The minimum absolute atomic E-state index is 0.0260. The summed E-state index contributed by atoms with van der Waals surface area (Å²) in [5.74, 6) is -0.907. The molecule has 0 rings (SSSR count). The fourth-order valence-electron chi connectivity index (χ4n) is 1.17. The number of amides is 2. The van der Waals surface area contributed by atoms with Gasteiger partial charge in [-0.05, 0) is 13.8 Å². The number of urea groups is 1. The summed E-state index contributed by atoms with van der Waals surface area (Å²) in [4.78, 5) is 23.6. The van der Waals surface area contributed by atoms with E-state index in [1.807, 2.05) is 13.8 Å². The van der Waals surface area contributed by atoms with Gasteiger partial charge in [-0.2, -0.15) is 0 Å². The van der Waals surface area contributed by atoms with Crippen molar-refractivity contribution in [2.75, 3.05) is 26.8 Å². The first-order chi connectivity index (χ1) is 7.49. The van der Waals surface area contributed by atoms with Crippen LogP contribution in [0.15, 0.2) is 0 Å². The number of carbonyl (C=O) groups is 2. The van der Waals surface area contributed by atoms with Crippen LogP contribution in [0.2, 0.25) is 0 Å². The molecule has 0 atom stereocenters. The third kappa shape index (κ3) is 6.23. The van der Waals surface area contributed by atoms with E-state index in [4.69, 9.17) is 9.84 Å². The van der Waals surface area contributed by atoms with Crippen LogP contribution >= 0.6 is 0 Å². The maximum atomic E-state index is 11.6. The molecule has 0 saturated heterocycles. The number of hydrogen-bond acceptors (Lipinski definition) is 3. The monoisotopic (exact) mass is 232 g/mol. The van der Waals surface area contributed by atoms with E-state index in [1.54, 1.807) is 7.11 Å². The largest absolute Gasteiger partial charge is 0.481 e. The molecule has 0 unspecified atom stereocenters. The van der Waals surface area contributed by atoms with E-state index in [0.29, 0.717) is 13.2 Å². The molecular formula is C10H20N2O4. The molecule has 6 heteroatoms. The van der Waals surface area contributed by atoms with Crippen molar-refractivity contribution in [3.63, 3.8) is 0 Å². The van der Waals surface area contributed by atoms with Crippen molar-refractivity contribution in [1.29, 1.82) is 0 Å². The Labute approximate surface area is 95.6 Å². The first-order valence-electron chi connectivity index (χ1n) is 5.24. The second kappa shape index (κ2) is 7.92. The molecule has 0 spiro atoms. The molecule has 0 aromatic rings. The molecule has 0 radical (unpaired) electrons. The Bertz CT molecular complexity index is 231. The number of nitrogens with zero attached hydrogens (tertiary/aromatic N) is 1. The summed E-state index contributed by atoms with van der Waals surface area (Å²) in [5.41, 5.74) is 0. The predicted molar refractivity (Wildman–Crippen MR) is 59.4 cm³/mol. The second-order valence-electron chi connectivity index (χ2n) is 3.66. The zero-order valence-electron chi connectivity index (χ0n) is 10.0. The van der Waals surface area contributed by atoms with Gasteiger partial charge in [0.1, 0.15) is 0 Å². The van der Waals surface area contributed by atoms with E-state index in [0.717, 1.165) is 0 Å². The molecule has 16 heavy (non-hydrogen) atoms. The molecular weight excluding hydrogens is 212 g/mol. The summed E-state index contributed by atoms with van der Waals surface area (Å²) in [6.07, 6.45) is -0.0458. The lowest BCUT2D eigenvalue weighted by molar-refractivity contribution is -0.137. The number of carboxylic acid groups (broad SMARTS) is 1. The van der Waals surface area contributed by atoms with Crippen molar-refractivity contribution >= 4 is 12.0 Å². The fourth-order valence-corrected chi connectivity index (χ4v) is 1.17. The normalized spacial score (nSPS) is 10.2. The zero-order valence-corrected chi connectivity index (χ0v) is 10.0. The number of nitrogens with one attached hydrogen (secondary N) is 1. The summed E-state index contributed by atoms with van der Waals surface area (Å²) in [7, 11) is 1.55. The van der Waals surface area contributed by atoms with Crippen molar-refractivity contribution < 1.29 is 19.4 Å². The van der Waals surface area contributed by atoms with E-state index in [1.165, 1.54) is 4.90 Å². The van der Waals surface area contributed by atoms with Gasteiger partial charge in [0.2, 0.25) is 0 Å². The highest BCUT2D eigenvalue weighted by Gasteiger charge is 2.17. The molecule has 2 amide bonds. The first kappa shape index (κ1) is 14.7. The van der Waals surface area contributed by atoms with E-state index < -0.39 is 5.97 Å². The summed E-state index contributed by atoms with van der Waals surface area (Å²) < 4.78 is 4.80. The molecule has 6 nitrogen and oxygen atoms in total. The maximum Gasteiger partial charge on any atom is 0.317 e. The molecule has 0 aromatic carbocycles. The van der Waals surface area contributed by atoms with Crippen LogP contribution in [-0.2, 0) is 9.53 Å². The smallest absolute Gasteiger partial charge is 0.317 e. The van der Waals surface area contributed by atoms with E-state index in [-0.39, 0.29) is 25.0 Å². The summed E-state index contributed by atoms with van der Waals surface area (Å²) >= 11 is 0. The highest BCUT2D eigenvalue weighted by molar-refractivity contribution is 5.75. The van der Waals surface area contributed by atoms with Gasteiger partial charge in [-0.3, -0.25) is 4.79 Å². The quantitative estimate of drug-likeness (QED) is 0.627. The van der Waals surface area contributed by atoms with Gasteiger partial charge < -0.3 is 20.1 Å². The standard InChI is InChI=1S/C10H20N2O4/c1-8(2)12(6-4-9(13)14)10(15)11-5-7-16-3/h8H,4-7H2,1-3H3,(H,11,15)(H,13,14). The van der Waals surface area contributed by atoms with Gasteiger partial charge in [-0.25, -0.2) is 4.79 Å². The Balaban J connectivity index is 4.08. The maximum absolute atomic E-state index is 11.6. The van der Waals surface area contributed by atoms with Gasteiger partial charge in [0, 0.05) is 26.2 Å². The van der Waals surface area contributed by atoms with Gasteiger partial charge in [0.05, 0.1) is 13.0 Å². The third-order valence-electron chi connectivity index (χ3n) is 2.03. The van der Waals surface area contributed by atoms with Gasteiger partial charge in [-0.15, -0.1) is 0 Å². The molecule has 0 aliphatic carbocycles. The Morgan fingerprint density at radius 2 is 2.06 bits per heavy atom. The van der Waals surface area contributed by atoms with E-state index >= 15 is 0 Å². The molecule has 0 fully saturated rings. The van der Waals surface area contributed by atoms with Gasteiger partial charge in [-0.1, -0.05) is 0 Å². The highest BCUT2D eigenvalue weighted by atomic mass is 16.5. The van der Waals surface area contributed by atoms with Gasteiger partial charge >= 0.3 is 12.0 Å². The molecule has 0 bridgehead atoms. The van der Waals surface area contributed by atoms with Crippen LogP contribution < -0.4 is 5.32 Å². The molecule has 0 aliphatic heterocycles. The number of ether oxygens (including phenoxy) is 1. The average Bonchev–Trinajstić information content (AvgIpc) is 2.17. The Morgan fingerprint density at radius 3 is 2.50 bits per heavy atom. The Morgan fingerprint density at radius 1 is 1.44 bits per heavy atom. The molecule has 94 valence electrons.